The van der Waals surface area contributed by atoms with Crippen molar-refractivity contribution in [2.24, 2.45) is 23.7 Å². The third-order valence-electron chi connectivity index (χ3n) is 6.00. The second kappa shape index (κ2) is 16.9. The van der Waals surface area contributed by atoms with Crippen LogP contribution < -0.4 is 0 Å². The van der Waals surface area contributed by atoms with E-state index in [-0.39, 0.29) is 0 Å². The van der Waals surface area contributed by atoms with E-state index in [4.69, 9.17) is 0 Å². The van der Waals surface area contributed by atoms with Crippen molar-refractivity contribution in [2.45, 2.75) is 125 Å². The number of nitriles is 1. The molecule has 25 heavy (non-hydrogen) atoms. The SMILES string of the molecule is CCCCC(CCC)C(C#N)CCC(CCC)CCCC(C)CCC. The average Bonchev–Trinajstić information content (AvgIpc) is 2.60. The van der Waals surface area contributed by atoms with Gasteiger partial charge in [-0.05, 0) is 43.4 Å². The molecule has 0 aromatic rings. The van der Waals surface area contributed by atoms with Crippen LogP contribution in [0.25, 0.3) is 0 Å². The molecular formula is C24H47N. The molecule has 0 spiro atoms. The van der Waals surface area contributed by atoms with Gasteiger partial charge in [0, 0.05) is 5.92 Å². The fourth-order valence-corrected chi connectivity index (χ4v) is 4.44. The van der Waals surface area contributed by atoms with Crippen LogP contribution in [0.5, 0.6) is 0 Å². The first kappa shape index (κ1) is 24.5. The van der Waals surface area contributed by atoms with Crippen LogP contribution in [0.4, 0.5) is 0 Å². The third kappa shape index (κ3) is 12.5. The van der Waals surface area contributed by atoms with Gasteiger partial charge in [-0.3, -0.25) is 0 Å². The zero-order chi connectivity index (χ0) is 18.9. The Kier molecular flexibility index (Phi) is 16.6. The lowest BCUT2D eigenvalue weighted by atomic mass is 9.80. The molecule has 1 heteroatoms. The minimum atomic E-state index is 0.296. The number of hydrogen-bond donors (Lipinski definition) is 0. The van der Waals surface area contributed by atoms with Crippen molar-refractivity contribution in [1.82, 2.24) is 0 Å². The quantitative estimate of drug-likeness (QED) is 0.258. The normalized spacial score (nSPS) is 16.2. The lowest BCUT2D eigenvalue weighted by Crippen LogP contribution is -2.15. The van der Waals surface area contributed by atoms with Crippen molar-refractivity contribution in [2.75, 3.05) is 0 Å². The van der Waals surface area contributed by atoms with E-state index in [2.05, 4.69) is 40.7 Å². The van der Waals surface area contributed by atoms with Crippen LogP contribution in [0, 0.1) is 35.0 Å². The lowest BCUT2D eigenvalue weighted by molar-refractivity contribution is 0.286. The molecule has 0 rings (SSSR count). The highest BCUT2D eigenvalue weighted by Crippen LogP contribution is 2.31. The molecule has 0 saturated carbocycles. The van der Waals surface area contributed by atoms with E-state index < -0.39 is 0 Å². The summed E-state index contributed by atoms with van der Waals surface area (Å²) >= 11 is 0. The molecule has 0 saturated heterocycles. The van der Waals surface area contributed by atoms with Gasteiger partial charge < -0.3 is 0 Å². The molecule has 0 fully saturated rings. The second-order valence-electron chi connectivity index (χ2n) is 8.48. The van der Waals surface area contributed by atoms with Crippen molar-refractivity contribution in [3.05, 3.63) is 0 Å². The molecule has 0 aliphatic heterocycles. The Morgan fingerprint density at radius 3 is 1.88 bits per heavy atom. The predicted molar refractivity (Wildman–Crippen MR) is 113 cm³/mol. The maximum atomic E-state index is 9.72. The van der Waals surface area contributed by atoms with Crippen LogP contribution in [0.3, 0.4) is 0 Å². The Balaban J connectivity index is 4.39. The minimum Gasteiger partial charge on any atom is -0.198 e. The first-order chi connectivity index (χ1) is 12.1. The molecule has 0 aromatic carbocycles. The molecule has 0 aliphatic rings. The zero-order valence-corrected chi connectivity index (χ0v) is 18.2. The van der Waals surface area contributed by atoms with Crippen LogP contribution in [-0.2, 0) is 0 Å². The molecule has 0 heterocycles. The van der Waals surface area contributed by atoms with Crippen molar-refractivity contribution in [3.8, 4) is 6.07 Å². The Morgan fingerprint density at radius 1 is 0.640 bits per heavy atom. The van der Waals surface area contributed by atoms with E-state index in [1.165, 1.54) is 83.5 Å². The molecule has 0 aliphatic carbocycles. The summed E-state index contributed by atoms with van der Waals surface area (Å²) in [6, 6.07) is 2.68. The van der Waals surface area contributed by atoms with Gasteiger partial charge in [-0.2, -0.15) is 5.26 Å². The van der Waals surface area contributed by atoms with Gasteiger partial charge in [-0.15, -0.1) is 0 Å². The highest BCUT2D eigenvalue weighted by Gasteiger charge is 2.21. The summed E-state index contributed by atoms with van der Waals surface area (Å²) in [5.74, 6) is 2.68. The molecule has 0 N–H and O–H groups in total. The maximum Gasteiger partial charge on any atom is 0.0658 e. The van der Waals surface area contributed by atoms with Crippen molar-refractivity contribution in [1.29, 1.82) is 5.26 Å². The third-order valence-corrected chi connectivity index (χ3v) is 6.00. The monoisotopic (exact) mass is 349 g/mol. The van der Waals surface area contributed by atoms with Crippen molar-refractivity contribution < 1.29 is 0 Å². The number of nitrogens with zero attached hydrogens (tertiary/aromatic N) is 1. The predicted octanol–water partition coefficient (Wildman–Crippen LogP) is 8.54. The number of unbranched alkanes of at least 4 members (excludes halogenated alkanes) is 1. The summed E-state index contributed by atoms with van der Waals surface area (Å²) < 4.78 is 0. The summed E-state index contributed by atoms with van der Waals surface area (Å²) in [4.78, 5) is 0. The van der Waals surface area contributed by atoms with Crippen molar-refractivity contribution >= 4 is 0 Å². The summed E-state index contributed by atoms with van der Waals surface area (Å²) in [5.41, 5.74) is 0. The summed E-state index contributed by atoms with van der Waals surface area (Å²) in [6.07, 6.45) is 18.2. The fourth-order valence-electron chi connectivity index (χ4n) is 4.44. The molecule has 4 atom stereocenters. The fraction of sp³-hybridized carbons (Fsp3) is 0.958. The van der Waals surface area contributed by atoms with Crippen LogP contribution in [-0.4, -0.2) is 0 Å². The largest absolute Gasteiger partial charge is 0.198 e. The molecule has 148 valence electrons. The Hall–Kier alpha value is -0.510. The number of hydrogen-bond acceptors (Lipinski definition) is 1. The molecule has 4 unspecified atom stereocenters. The van der Waals surface area contributed by atoms with E-state index in [9.17, 15) is 5.26 Å². The molecule has 1 nitrogen and oxygen atoms in total. The molecule has 0 radical (unpaired) electrons. The van der Waals surface area contributed by atoms with Crippen LogP contribution in [0.1, 0.15) is 125 Å². The lowest BCUT2D eigenvalue weighted by Gasteiger charge is -2.24. The average molecular weight is 350 g/mol. The van der Waals surface area contributed by atoms with Gasteiger partial charge in [0.05, 0.1) is 6.07 Å². The Bertz CT molecular complexity index is 317. The van der Waals surface area contributed by atoms with E-state index in [1.807, 2.05) is 0 Å². The highest BCUT2D eigenvalue weighted by atomic mass is 14.3. The van der Waals surface area contributed by atoms with Crippen molar-refractivity contribution in [3.63, 3.8) is 0 Å². The van der Waals surface area contributed by atoms with Gasteiger partial charge in [-0.1, -0.05) is 98.8 Å². The molecule has 0 amide bonds. The van der Waals surface area contributed by atoms with Gasteiger partial charge in [0.25, 0.3) is 0 Å². The smallest absolute Gasteiger partial charge is 0.0658 e. The van der Waals surface area contributed by atoms with Gasteiger partial charge in [-0.25, -0.2) is 0 Å². The minimum absolute atomic E-state index is 0.296. The van der Waals surface area contributed by atoms with E-state index >= 15 is 0 Å². The van der Waals surface area contributed by atoms with Gasteiger partial charge in [0.1, 0.15) is 0 Å². The summed E-state index contributed by atoms with van der Waals surface area (Å²) in [7, 11) is 0. The van der Waals surface area contributed by atoms with E-state index in [0.29, 0.717) is 11.8 Å². The summed E-state index contributed by atoms with van der Waals surface area (Å²) in [5, 5.41) is 9.72. The first-order valence-electron chi connectivity index (χ1n) is 11.5. The maximum absolute atomic E-state index is 9.72. The molecule has 0 bridgehead atoms. The van der Waals surface area contributed by atoms with E-state index in [0.717, 1.165) is 18.3 Å². The van der Waals surface area contributed by atoms with Crippen LogP contribution in [0.15, 0.2) is 0 Å². The zero-order valence-electron chi connectivity index (χ0n) is 18.2. The van der Waals surface area contributed by atoms with Crippen LogP contribution >= 0.6 is 0 Å². The molecule has 0 aromatic heterocycles. The van der Waals surface area contributed by atoms with Gasteiger partial charge in [0.2, 0.25) is 0 Å². The highest BCUT2D eigenvalue weighted by molar-refractivity contribution is 4.88. The van der Waals surface area contributed by atoms with E-state index in [1.54, 1.807) is 0 Å². The first-order valence-corrected chi connectivity index (χ1v) is 11.5. The standard InChI is InChI=1S/C24H47N/c1-6-10-17-23(14-9-4)24(20-25)19-18-22(13-8-3)16-11-15-21(5)12-7-2/h21-24H,6-19H2,1-5H3. The second-order valence-corrected chi connectivity index (χ2v) is 8.48. The Morgan fingerprint density at radius 2 is 1.32 bits per heavy atom. The van der Waals surface area contributed by atoms with Gasteiger partial charge >= 0.3 is 0 Å². The summed E-state index contributed by atoms with van der Waals surface area (Å²) in [6.45, 7) is 11.6. The topological polar surface area (TPSA) is 23.8 Å². The van der Waals surface area contributed by atoms with Gasteiger partial charge in [0.15, 0.2) is 0 Å². The molecular weight excluding hydrogens is 302 g/mol. The van der Waals surface area contributed by atoms with Crippen LogP contribution in [0.2, 0.25) is 0 Å². The number of rotatable bonds is 17. The Labute approximate surface area is 160 Å².